The Morgan fingerprint density at radius 2 is 1.63 bits per heavy atom. The smallest absolute Gasteiger partial charge is 0.352 e. The van der Waals surface area contributed by atoms with Crippen LogP contribution in [0.5, 0.6) is 11.5 Å². The first-order chi connectivity index (χ1) is 22.0. The first kappa shape index (κ1) is 28.6. The van der Waals surface area contributed by atoms with Crippen molar-refractivity contribution in [2.75, 3.05) is 4.90 Å². The van der Waals surface area contributed by atoms with Crippen molar-refractivity contribution in [2.45, 2.75) is 35.2 Å². The fourth-order valence-corrected chi connectivity index (χ4v) is 8.20. The van der Waals surface area contributed by atoms with E-state index in [1.807, 2.05) is 0 Å². The van der Waals surface area contributed by atoms with Crippen LogP contribution < -0.4 is 21.0 Å². The molecule has 3 aromatic carbocycles. The average Bonchev–Trinajstić information content (AvgIpc) is 3.39. The molecule has 8 rings (SSSR count). The number of imide groups is 1. The number of aromatic nitrogens is 3. The molecular formula is C33H23Cl2FN4O6. The Bertz CT molecular complexity index is 2170. The normalized spacial score (nSPS) is 26.4. The molecule has 4 aromatic rings. The van der Waals surface area contributed by atoms with Crippen LogP contribution in [0.15, 0.2) is 106 Å². The maximum absolute atomic E-state index is 14.5. The van der Waals surface area contributed by atoms with Gasteiger partial charge in [0.05, 0.1) is 30.2 Å². The lowest BCUT2D eigenvalue weighted by atomic mass is 9.63. The van der Waals surface area contributed by atoms with Crippen LogP contribution in [0, 0.1) is 11.7 Å². The van der Waals surface area contributed by atoms with Crippen molar-refractivity contribution in [2.24, 2.45) is 5.92 Å². The molecule has 10 nitrogen and oxygen atoms in total. The highest BCUT2D eigenvalue weighted by atomic mass is 35.5. The molecule has 4 heterocycles. The van der Waals surface area contributed by atoms with Gasteiger partial charge in [-0.1, -0.05) is 24.3 Å². The molecule has 1 aromatic heterocycles. The zero-order valence-electron chi connectivity index (χ0n) is 23.8. The number of hydrogen-bond acceptors (Lipinski definition) is 6. The molecule has 4 unspecified atom stereocenters. The number of hydrogen-bond donors (Lipinski definition) is 1. The Morgan fingerprint density at radius 3 is 2.37 bits per heavy atom. The summed E-state index contributed by atoms with van der Waals surface area (Å²) in [6.45, 7) is -0.0200. The minimum Gasteiger partial charge on any atom is -0.508 e. The second-order valence-electron chi connectivity index (χ2n) is 11.7. The quantitative estimate of drug-likeness (QED) is 0.200. The first-order valence-corrected chi connectivity index (χ1v) is 15.2. The van der Waals surface area contributed by atoms with Crippen LogP contribution in [0.1, 0.15) is 18.0 Å². The number of fused-ring (bicyclic) bond motifs is 5. The Kier molecular flexibility index (Phi) is 6.10. The third-order valence-corrected chi connectivity index (χ3v) is 10.7. The van der Waals surface area contributed by atoms with Gasteiger partial charge in [0.2, 0.25) is 0 Å². The maximum Gasteiger partial charge on any atom is 0.352 e. The molecule has 0 spiro atoms. The number of carbonyl (C=O) groups is 2. The predicted octanol–water partition coefficient (Wildman–Crippen LogP) is 4.19. The Morgan fingerprint density at radius 1 is 0.891 bits per heavy atom. The summed E-state index contributed by atoms with van der Waals surface area (Å²) in [5.74, 6) is -2.82. The minimum absolute atomic E-state index is 0.00158. The standard InChI is InChI=1S/C33H23Cl2FN4O6/c34-32-16-25-24(12-13-37-30(44)39(31(45)40(25)37)21-4-2-1-3-5-21)27(19-14-18-15-23(41)10-11-26(18)46-17-19)33(32,35)29(43)38(28(32)42)22-8-6-20(36)7-9-22/h1-12,15,17,25,27,41H,13-14,16H2. The molecule has 0 bridgehead atoms. The summed E-state index contributed by atoms with van der Waals surface area (Å²) in [6.07, 6.45) is 3.06. The van der Waals surface area contributed by atoms with Gasteiger partial charge in [0, 0.05) is 24.3 Å². The zero-order valence-corrected chi connectivity index (χ0v) is 25.3. The molecule has 4 aliphatic rings. The molecule has 3 aliphatic heterocycles. The van der Waals surface area contributed by atoms with E-state index in [4.69, 9.17) is 27.9 Å². The van der Waals surface area contributed by atoms with E-state index in [1.165, 1.54) is 39.9 Å². The van der Waals surface area contributed by atoms with E-state index in [0.717, 1.165) is 21.6 Å². The first-order valence-electron chi connectivity index (χ1n) is 14.4. The molecule has 232 valence electrons. The van der Waals surface area contributed by atoms with Gasteiger partial charge < -0.3 is 9.84 Å². The highest BCUT2D eigenvalue weighted by molar-refractivity contribution is 6.58. The van der Waals surface area contributed by atoms with Crippen LogP contribution in [0.2, 0.25) is 0 Å². The van der Waals surface area contributed by atoms with Crippen LogP contribution in [-0.4, -0.2) is 40.6 Å². The number of amides is 2. The van der Waals surface area contributed by atoms with Crippen LogP contribution in [0.3, 0.4) is 0 Å². The van der Waals surface area contributed by atoms with Gasteiger partial charge in [-0.15, -0.1) is 23.2 Å². The van der Waals surface area contributed by atoms with Gasteiger partial charge in [-0.25, -0.2) is 32.8 Å². The van der Waals surface area contributed by atoms with Gasteiger partial charge in [-0.3, -0.25) is 9.59 Å². The molecule has 1 saturated carbocycles. The number of para-hydroxylation sites is 1. The summed E-state index contributed by atoms with van der Waals surface area (Å²) in [5.41, 5.74) is 0.803. The lowest BCUT2D eigenvalue weighted by Gasteiger charge is -2.49. The van der Waals surface area contributed by atoms with Crippen molar-refractivity contribution in [1.29, 1.82) is 0 Å². The molecule has 1 aliphatic carbocycles. The van der Waals surface area contributed by atoms with E-state index >= 15 is 0 Å². The third-order valence-electron chi connectivity index (χ3n) is 9.32. The number of benzene rings is 3. The summed E-state index contributed by atoms with van der Waals surface area (Å²) in [7, 11) is 0. The Hall–Kier alpha value is -4.87. The topological polar surface area (TPSA) is 116 Å². The Labute approximate surface area is 269 Å². The number of halogens is 3. The van der Waals surface area contributed by atoms with Crippen molar-refractivity contribution in [3.8, 4) is 17.2 Å². The van der Waals surface area contributed by atoms with Gasteiger partial charge >= 0.3 is 11.4 Å². The Balaban J connectivity index is 1.34. The largest absolute Gasteiger partial charge is 0.508 e. The number of ether oxygens (including phenoxy) is 1. The van der Waals surface area contributed by atoms with E-state index in [2.05, 4.69) is 0 Å². The van der Waals surface area contributed by atoms with Crippen LogP contribution in [0.4, 0.5) is 10.1 Å². The van der Waals surface area contributed by atoms with Crippen molar-refractivity contribution in [3.05, 3.63) is 129 Å². The van der Waals surface area contributed by atoms with Crippen LogP contribution in [0.25, 0.3) is 5.69 Å². The number of nitrogens with zero attached hydrogens (tertiary/aromatic N) is 4. The highest BCUT2D eigenvalue weighted by Crippen LogP contribution is 2.63. The van der Waals surface area contributed by atoms with Gasteiger partial charge in [0.1, 0.15) is 17.3 Å². The molecule has 46 heavy (non-hydrogen) atoms. The summed E-state index contributed by atoms with van der Waals surface area (Å²) in [4.78, 5) is 53.1. The van der Waals surface area contributed by atoms with Crippen LogP contribution >= 0.6 is 23.2 Å². The molecule has 1 N–H and O–H groups in total. The number of rotatable bonds is 3. The maximum atomic E-state index is 14.5. The number of alkyl halides is 2. The van der Waals surface area contributed by atoms with E-state index in [9.17, 15) is 28.7 Å². The highest BCUT2D eigenvalue weighted by Gasteiger charge is 2.76. The molecule has 0 radical (unpaired) electrons. The van der Waals surface area contributed by atoms with E-state index in [1.54, 1.807) is 42.5 Å². The average molecular weight is 661 g/mol. The number of allylic oxidation sites excluding steroid dienone is 3. The van der Waals surface area contributed by atoms with Gasteiger partial charge in [-0.2, -0.15) is 0 Å². The fraction of sp³-hybridized carbons (Fsp3) is 0.212. The molecule has 2 fully saturated rings. The van der Waals surface area contributed by atoms with E-state index < -0.39 is 50.7 Å². The SMILES string of the molecule is O=C1N(c2ccc(F)cc2)C(=O)C2(Cl)C(C3=COc4ccc(O)cc4C3)C3=CCn4c(=O)n(-c5ccccc5)c(=O)n4C3CC12Cl. The summed E-state index contributed by atoms with van der Waals surface area (Å²) < 4.78 is 23.4. The van der Waals surface area contributed by atoms with Crippen molar-refractivity contribution in [3.63, 3.8) is 0 Å². The van der Waals surface area contributed by atoms with Crippen molar-refractivity contribution in [1.82, 2.24) is 13.9 Å². The predicted molar refractivity (Wildman–Crippen MR) is 166 cm³/mol. The lowest BCUT2D eigenvalue weighted by molar-refractivity contribution is -0.122. The summed E-state index contributed by atoms with van der Waals surface area (Å²) in [5, 5.41) is 10.2. The number of anilines is 1. The summed E-state index contributed by atoms with van der Waals surface area (Å²) >= 11 is 14.8. The number of phenols is 1. The monoisotopic (exact) mass is 660 g/mol. The molecule has 2 amide bonds. The van der Waals surface area contributed by atoms with Gasteiger partial charge in [0.15, 0.2) is 9.75 Å². The lowest BCUT2D eigenvalue weighted by Crippen LogP contribution is -2.61. The van der Waals surface area contributed by atoms with Crippen molar-refractivity contribution < 1.29 is 23.8 Å². The van der Waals surface area contributed by atoms with E-state index in [0.29, 0.717) is 28.1 Å². The number of carbonyl (C=O) groups excluding carboxylic acids is 2. The second kappa shape index (κ2) is 9.81. The second-order valence-corrected chi connectivity index (χ2v) is 13.0. The fourth-order valence-electron chi connectivity index (χ4n) is 7.27. The third kappa shape index (κ3) is 3.69. The molecular weight excluding hydrogens is 638 g/mol. The molecule has 13 heteroatoms. The number of aromatic hydroxyl groups is 1. The van der Waals surface area contributed by atoms with Crippen molar-refractivity contribution >= 4 is 40.7 Å². The van der Waals surface area contributed by atoms with Gasteiger partial charge in [-0.05, 0) is 65.7 Å². The van der Waals surface area contributed by atoms with E-state index in [-0.39, 0.29) is 30.8 Å². The minimum atomic E-state index is -2.11. The summed E-state index contributed by atoms with van der Waals surface area (Å²) in [6, 6.07) is 16.9. The molecule has 4 atom stereocenters. The van der Waals surface area contributed by atoms with Crippen LogP contribution in [-0.2, 0) is 22.6 Å². The zero-order chi connectivity index (χ0) is 32.1. The molecule has 1 saturated heterocycles. The number of phenolic OH excluding ortho intramolecular Hbond substituents is 1. The van der Waals surface area contributed by atoms with Gasteiger partial charge in [0.25, 0.3) is 11.8 Å².